The fourth-order valence-corrected chi connectivity index (χ4v) is 3.29. The van der Waals surface area contributed by atoms with Gasteiger partial charge in [-0.15, -0.1) is 0 Å². The Balaban J connectivity index is 1.79. The van der Waals surface area contributed by atoms with Crippen LogP contribution >= 0.6 is 0 Å². The summed E-state index contributed by atoms with van der Waals surface area (Å²) in [5.41, 5.74) is 0.788. The van der Waals surface area contributed by atoms with Crippen LogP contribution in [-0.4, -0.2) is 35.2 Å². The lowest BCUT2D eigenvalue weighted by molar-refractivity contribution is -0.110. The molecule has 3 aliphatic rings. The van der Waals surface area contributed by atoms with Gasteiger partial charge in [-0.1, -0.05) is 30.3 Å². The van der Waals surface area contributed by atoms with Gasteiger partial charge in [0.05, 0.1) is 5.60 Å². The number of piperidine rings is 3. The minimum absolute atomic E-state index is 0.474. The van der Waals surface area contributed by atoms with Gasteiger partial charge >= 0.3 is 0 Å². The zero-order chi connectivity index (χ0) is 11.0. The smallest absolute Gasteiger partial charge is 0.0843 e. The van der Waals surface area contributed by atoms with Crippen molar-refractivity contribution in [1.29, 1.82) is 0 Å². The van der Waals surface area contributed by atoms with Gasteiger partial charge in [-0.25, -0.2) is 0 Å². The molecule has 0 aromatic heterocycles. The van der Waals surface area contributed by atoms with Crippen molar-refractivity contribution in [2.24, 2.45) is 5.92 Å². The second-order valence-electron chi connectivity index (χ2n) is 5.32. The first-order chi connectivity index (χ1) is 7.76. The zero-order valence-corrected chi connectivity index (χ0v) is 9.60. The topological polar surface area (TPSA) is 23.5 Å². The van der Waals surface area contributed by atoms with Crippen molar-refractivity contribution < 1.29 is 5.11 Å². The molecule has 1 atom stereocenters. The Morgan fingerprint density at radius 3 is 2.44 bits per heavy atom. The Hall–Kier alpha value is -0.860. The molecule has 16 heavy (non-hydrogen) atoms. The predicted molar refractivity (Wildman–Crippen MR) is 64.3 cm³/mol. The standard InChI is InChI=1S/C14H19NO/c16-14(10-12-4-2-1-3-5-12)11-15-8-6-13(14)7-9-15/h1-5,13,16H,6-11H2/t14-/m0/s1. The lowest BCUT2D eigenvalue weighted by Crippen LogP contribution is -2.60. The van der Waals surface area contributed by atoms with Crippen molar-refractivity contribution in [3.63, 3.8) is 0 Å². The second-order valence-corrected chi connectivity index (χ2v) is 5.32. The van der Waals surface area contributed by atoms with Gasteiger partial charge in [0, 0.05) is 13.0 Å². The number of rotatable bonds is 2. The van der Waals surface area contributed by atoms with Gasteiger partial charge < -0.3 is 10.0 Å². The minimum Gasteiger partial charge on any atom is -0.388 e. The maximum atomic E-state index is 10.8. The molecule has 0 saturated carbocycles. The highest BCUT2D eigenvalue weighted by Crippen LogP contribution is 2.37. The van der Waals surface area contributed by atoms with Crippen molar-refractivity contribution in [1.82, 2.24) is 4.90 Å². The van der Waals surface area contributed by atoms with E-state index in [9.17, 15) is 5.11 Å². The molecule has 2 heteroatoms. The lowest BCUT2D eigenvalue weighted by atomic mass is 9.72. The molecule has 3 saturated heterocycles. The quantitative estimate of drug-likeness (QED) is 0.815. The van der Waals surface area contributed by atoms with Crippen molar-refractivity contribution in [3.8, 4) is 0 Å². The van der Waals surface area contributed by atoms with Crippen LogP contribution in [0.5, 0.6) is 0 Å². The number of fused-ring (bicyclic) bond motifs is 3. The highest BCUT2D eigenvalue weighted by Gasteiger charge is 2.44. The summed E-state index contributed by atoms with van der Waals surface area (Å²) in [5.74, 6) is 0.512. The Morgan fingerprint density at radius 1 is 1.19 bits per heavy atom. The third-order valence-corrected chi connectivity index (χ3v) is 4.20. The summed E-state index contributed by atoms with van der Waals surface area (Å²) in [6, 6.07) is 10.4. The largest absolute Gasteiger partial charge is 0.388 e. The molecule has 1 N–H and O–H groups in total. The average Bonchev–Trinajstić information content (AvgIpc) is 2.31. The number of benzene rings is 1. The summed E-state index contributed by atoms with van der Waals surface area (Å²) < 4.78 is 0. The number of hydrogen-bond donors (Lipinski definition) is 1. The van der Waals surface area contributed by atoms with Gasteiger partial charge in [-0.2, -0.15) is 0 Å². The van der Waals surface area contributed by atoms with E-state index in [1.165, 1.54) is 31.5 Å². The molecule has 2 nitrogen and oxygen atoms in total. The summed E-state index contributed by atoms with van der Waals surface area (Å²) >= 11 is 0. The molecular formula is C14H19NO. The third-order valence-electron chi connectivity index (χ3n) is 4.20. The number of nitrogens with zero attached hydrogens (tertiary/aromatic N) is 1. The van der Waals surface area contributed by atoms with E-state index in [1.54, 1.807) is 0 Å². The Morgan fingerprint density at radius 2 is 1.88 bits per heavy atom. The van der Waals surface area contributed by atoms with Gasteiger partial charge in [0.15, 0.2) is 0 Å². The van der Waals surface area contributed by atoms with Crippen LogP contribution in [0.1, 0.15) is 18.4 Å². The molecule has 3 heterocycles. The molecule has 0 spiro atoms. The predicted octanol–water partition coefficient (Wildman–Crippen LogP) is 1.69. The third kappa shape index (κ3) is 1.76. The van der Waals surface area contributed by atoms with E-state index in [0.29, 0.717) is 5.92 Å². The summed E-state index contributed by atoms with van der Waals surface area (Å²) in [6.07, 6.45) is 3.15. The molecule has 0 aliphatic carbocycles. The van der Waals surface area contributed by atoms with Crippen LogP contribution in [0.3, 0.4) is 0 Å². The van der Waals surface area contributed by atoms with Crippen molar-refractivity contribution >= 4 is 0 Å². The minimum atomic E-state index is -0.474. The van der Waals surface area contributed by atoms with Crippen LogP contribution in [0.4, 0.5) is 0 Å². The maximum absolute atomic E-state index is 10.8. The van der Waals surface area contributed by atoms with Crippen LogP contribution in [-0.2, 0) is 6.42 Å². The van der Waals surface area contributed by atoms with Gasteiger partial charge in [0.1, 0.15) is 0 Å². The molecule has 3 aliphatic heterocycles. The Labute approximate surface area is 96.9 Å². The van der Waals surface area contributed by atoms with E-state index < -0.39 is 5.60 Å². The molecule has 0 amide bonds. The van der Waals surface area contributed by atoms with Crippen molar-refractivity contribution in [2.45, 2.75) is 24.9 Å². The van der Waals surface area contributed by atoms with E-state index in [-0.39, 0.29) is 0 Å². The second kappa shape index (κ2) is 3.86. The van der Waals surface area contributed by atoms with Crippen LogP contribution in [0, 0.1) is 5.92 Å². The molecule has 4 rings (SSSR count). The van der Waals surface area contributed by atoms with Gasteiger partial charge in [-0.05, 0) is 37.4 Å². The fraction of sp³-hybridized carbons (Fsp3) is 0.571. The first-order valence-corrected chi connectivity index (χ1v) is 6.25. The zero-order valence-electron chi connectivity index (χ0n) is 9.60. The first kappa shape index (κ1) is 10.3. The number of hydrogen-bond acceptors (Lipinski definition) is 2. The fourth-order valence-electron chi connectivity index (χ4n) is 3.29. The monoisotopic (exact) mass is 217 g/mol. The molecule has 3 fully saturated rings. The van der Waals surface area contributed by atoms with Crippen LogP contribution < -0.4 is 0 Å². The molecule has 1 aromatic carbocycles. The highest BCUT2D eigenvalue weighted by molar-refractivity contribution is 5.18. The van der Waals surface area contributed by atoms with E-state index in [0.717, 1.165) is 13.0 Å². The van der Waals surface area contributed by atoms with Crippen LogP contribution in [0.2, 0.25) is 0 Å². The highest BCUT2D eigenvalue weighted by atomic mass is 16.3. The summed E-state index contributed by atoms with van der Waals surface area (Å²) in [4.78, 5) is 2.41. The average molecular weight is 217 g/mol. The Bertz CT molecular complexity index is 356. The van der Waals surface area contributed by atoms with Crippen LogP contribution in [0.15, 0.2) is 30.3 Å². The molecule has 1 aromatic rings. The van der Waals surface area contributed by atoms with Crippen LogP contribution in [0.25, 0.3) is 0 Å². The molecule has 2 bridgehead atoms. The first-order valence-electron chi connectivity index (χ1n) is 6.25. The summed E-state index contributed by atoms with van der Waals surface area (Å²) in [7, 11) is 0. The SMILES string of the molecule is O[C@@]1(Cc2ccccc2)CN2CCC1CC2. The van der Waals surface area contributed by atoms with Gasteiger partial charge in [0.2, 0.25) is 0 Å². The lowest BCUT2D eigenvalue weighted by Gasteiger charge is -2.50. The molecular weight excluding hydrogens is 198 g/mol. The van der Waals surface area contributed by atoms with E-state index >= 15 is 0 Å². The van der Waals surface area contributed by atoms with Crippen molar-refractivity contribution in [3.05, 3.63) is 35.9 Å². The van der Waals surface area contributed by atoms with Crippen molar-refractivity contribution in [2.75, 3.05) is 19.6 Å². The van der Waals surface area contributed by atoms with Gasteiger partial charge in [-0.3, -0.25) is 0 Å². The Kier molecular flexibility index (Phi) is 2.49. The normalized spacial score (nSPS) is 37.6. The summed E-state index contributed by atoms with van der Waals surface area (Å²) in [5, 5.41) is 10.8. The molecule has 86 valence electrons. The maximum Gasteiger partial charge on any atom is 0.0843 e. The summed E-state index contributed by atoms with van der Waals surface area (Å²) in [6.45, 7) is 3.23. The molecule has 0 unspecified atom stereocenters. The van der Waals surface area contributed by atoms with E-state index in [1.807, 2.05) is 6.07 Å². The van der Waals surface area contributed by atoms with Gasteiger partial charge in [0.25, 0.3) is 0 Å². The molecule has 0 radical (unpaired) electrons. The van der Waals surface area contributed by atoms with E-state index in [2.05, 4.69) is 29.2 Å². The number of aliphatic hydroxyl groups is 1. The van der Waals surface area contributed by atoms with E-state index in [4.69, 9.17) is 0 Å².